The highest BCUT2D eigenvalue weighted by molar-refractivity contribution is 8.00. The molecule has 0 bridgehead atoms. The van der Waals surface area contributed by atoms with Gasteiger partial charge in [0.15, 0.2) is 0 Å². The van der Waals surface area contributed by atoms with E-state index in [0.29, 0.717) is 56.6 Å². The van der Waals surface area contributed by atoms with Crippen LogP contribution in [0.3, 0.4) is 0 Å². The van der Waals surface area contributed by atoms with Crippen molar-refractivity contribution in [3.63, 3.8) is 0 Å². The molecule has 18 heteroatoms. The van der Waals surface area contributed by atoms with Crippen LogP contribution < -0.4 is 27.0 Å². The van der Waals surface area contributed by atoms with E-state index >= 15 is 0 Å². The second-order valence-corrected chi connectivity index (χ2v) is 14.5. The van der Waals surface area contributed by atoms with Gasteiger partial charge in [0.25, 0.3) is 0 Å². The number of likely N-dealkylation sites (N-methyl/N-ethyl adjacent to an activating group) is 2. The quantitative estimate of drug-likeness (QED) is 0.0847. The van der Waals surface area contributed by atoms with Crippen LogP contribution in [0.4, 0.5) is 15.3 Å². The van der Waals surface area contributed by atoms with Crippen LogP contribution in [-0.4, -0.2) is 126 Å². The molecule has 0 spiro atoms. The second-order valence-electron chi connectivity index (χ2n) is 13.5. The second kappa shape index (κ2) is 23.0. The van der Waals surface area contributed by atoms with Gasteiger partial charge in [-0.1, -0.05) is 32.4 Å². The Hall–Kier alpha value is -4.87. The maximum atomic E-state index is 13.5. The lowest BCUT2D eigenvalue weighted by molar-refractivity contribution is -0.138. The molecule has 0 radical (unpaired) electrons. The van der Waals surface area contributed by atoms with Crippen LogP contribution in [0.2, 0.25) is 0 Å². The fourth-order valence-corrected chi connectivity index (χ4v) is 5.99. The van der Waals surface area contributed by atoms with Gasteiger partial charge in [-0.25, -0.2) is 9.59 Å². The topological polar surface area (TPSA) is 230 Å². The molecule has 54 heavy (non-hydrogen) atoms. The summed E-state index contributed by atoms with van der Waals surface area (Å²) in [5.74, 6) is -2.18. The third-order valence-electron chi connectivity index (χ3n) is 8.84. The van der Waals surface area contributed by atoms with Crippen LogP contribution in [0.15, 0.2) is 24.3 Å². The summed E-state index contributed by atoms with van der Waals surface area (Å²) in [7, 11) is 3.21. The summed E-state index contributed by atoms with van der Waals surface area (Å²) in [5.41, 5.74) is 6.24. The van der Waals surface area contributed by atoms with Gasteiger partial charge in [0.2, 0.25) is 35.4 Å². The van der Waals surface area contributed by atoms with E-state index in [9.17, 15) is 38.4 Å². The number of hydrogen-bond donors (Lipinski definition) is 5. The van der Waals surface area contributed by atoms with E-state index in [4.69, 9.17) is 10.5 Å². The highest BCUT2D eigenvalue weighted by Gasteiger charge is 2.37. The molecule has 1 heterocycles. The van der Waals surface area contributed by atoms with Crippen molar-refractivity contribution in [2.24, 2.45) is 11.7 Å². The largest absolute Gasteiger partial charge is 0.445 e. The van der Waals surface area contributed by atoms with E-state index in [0.717, 1.165) is 0 Å². The maximum Gasteiger partial charge on any atom is 0.409 e. The average molecular weight is 777 g/mol. The van der Waals surface area contributed by atoms with Gasteiger partial charge in [-0.05, 0) is 55.6 Å². The van der Waals surface area contributed by atoms with E-state index in [-0.39, 0.29) is 67.2 Å². The summed E-state index contributed by atoms with van der Waals surface area (Å²) < 4.78 is 5.35. The Morgan fingerprint density at radius 3 is 2.20 bits per heavy atom. The first kappa shape index (κ1) is 45.3. The van der Waals surface area contributed by atoms with Crippen molar-refractivity contribution in [2.45, 2.75) is 89.7 Å². The molecule has 1 aliphatic heterocycles. The zero-order valence-electron chi connectivity index (χ0n) is 32.1. The first-order valence-corrected chi connectivity index (χ1v) is 19.3. The predicted octanol–water partition coefficient (Wildman–Crippen LogP) is 1.80. The van der Waals surface area contributed by atoms with Crippen LogP contribution in [0.1, 0.15) is 71.3 Å². The number of unbranched alkanes of at least 4 members (excludes halogenated alkanes) is 2. The molecule has 9 amide bonds. The van der Waals surface area contributed by atoms with E-state index in [1.54, 1.807) is 58.5 Å². The van der Waals surface area contributed by atoms with E-state index in [2.05, 4.69) is 21.3 Å². The number of ether oxygens (including phenoxy) is 1. The van der Waals surface area contributed by atoms with Crippen LogP contribution in [0, 0.1) is 5.92 Å². The summed E-state index contributed by atoms with van der Waals surface area (Å²) in [4.78, 5) is 103. The lowest BCUT2D eigenvalue weighted by Gasteiger charge is -2.25. The van der Waals surface area contributed by atoms with Gasteiger partial charge in [0.1, 0.15) is 18.7 Å². The molecule has 300 valence electrons. The monoisotopic (exact) mass is 776 g/mol. The van der Waals surface area contributed by atoms with Crippen molar-refractivity contribution in [3.8, 4) is 0 Å². The average Bonchev–Trinajstić information content (AvgIpc) is 3.40. The number of nitrogens with zero attached hydrogens (tertiary/aromatic N) is 3. The number of nitrogens with two attached hydrogens (primary N) is 1. The fraction of sp³-hybridized carbons (Fsp3) is 0.611. The molecule has 1 aromatic rings. The Labute approximate surface area is 321 Å². The number of carbonyl (C=O) groups is 8. The van der Waals surface area contributed by atoms with Gasteiger partial charge >= 0.3 is 12.1 Å². The van der Waals surface area contributed by atoms with Gasteiger partial charge < -0.3 is 41.5 Å². The summed E-state index contributed by atoms with van der Waals surface area (Å²) >= 11 is 1.36. The number of nitrogens with one attached hydrogen (secondary N) is 4. The standard InChI is InChI=1S/C36H56N8O9S/c1-23(2)31(41-29(46)12-8-7-9-18-44-30(47)21-28(54-6)34(44)50)33(49)40-27(11-10-17-38-35(37)51)32(48)39-26-15-13-25(14-16-26)22-53-36(52)43(5)20-19-42(4)24(3)45/h13-16,23,27-28,31H,7-12,17-22H2,1-6H3,(H,39,48)(H,40,49)(H,41,46)(H3,37,38,51)/t27-,28?,31-/m0/s1. The van der Waals surface area contributed by atoms with Crippen molar-refractivity contribution in [2.75, 3.05) is 51.8 Å². The Bertz CT molecular complexity index is 1480. The van der Waals surface area contributed by atoms with E-state index < -0.39 is 36.0 Å². The molecule has 1 aromatic carbocycles. The predicted molar refractivity (Wildman–Crippen MR) is 204 cm³/mol. The Morgan fingerprint density at radius 1 is 0.944 bits per heavy atom. The molecule has 0 saturated carbocycles. The van der Waals surface area contributed by atoms with E-state index in [1.165, 1.54) is 33.4 Å². The molecule has 0 aromatic heterocycles. The number of hydrogen-bond acceptors (Lipinski definition) is 10. The Balaban J connectivity index is 1.93. The summed E-state index contributed by atoms with van der Waals surface area (Å²) in [5, 5.41) is 10.4. The molecular weight excluding hydrogens is 721 g/mol. The van der Waals surface area contributed by atoms with Gasteiger partial charge in [0.05, 0.1) is 5.25 Å². The minimum Gasteiger partial charge on any atom is -0.445 e. The first-order chi connectivity index (χ1) is 25.5. The summed E-state index contributed by atoms with van der Waals surface area (Å²) in [6, 6.07) is 3.92. The highest BCUT2D eigenvalue weighted by atomic mass is 32.2. The number of imide groups is 1. The molecule has 17 nitrogen and oxygen atoms in total. The molecular formula is C36H56N8O9S. The van der Waals surface area contributed by atoms with Crippen LogP contribution in [0.5, 0.6) is 0 Å². The van der Waals surface area contributed by atoms with Crippen molar-refractivity contribution in [3.05, 3.63) is 29.8 Å². The van der Waals surface area contributed by atoms with Gasteiger partial charge in [0, 0.05) is 65.7 Å². The molecule has 1 fully saturated rings. The van der Waals surface area contributed by atoms with Crippen molar-refractivity contribution < 1.29 is 43.1 Å². The van der Waals surface area contributed by atoms with Crippen LogP contribution in [-0.2, 0) is 40.1 Å². The highest BCUT2D eigenvalue weighted by Crippen LogP contribution is 2.23. The molecule has 1 aliphatic rings. The number of thioether (sulfide) groups is 1. The van der Waals surface area contributed by atoms with E-state index in [1.807, 2.05) is 0 Å². The smallest absolute Gasteiger partial charge is 0.409 e. The number of primary amides is 1. The minimum atomic E-state index is -1.02. The summed E-state index contributed by atoms with van der Waals surface area (Å²) in [6.45, 7) is 6.11. The van der Waals surface area contributed by atoms with Crippen LogP contribution in [0.25, 0.3) is 0 Å². The SMILES string of the molecule is CSC1CC(=O)N(CCCCCC(=O)N[C@H](C(=O)N[C@@H](CCCNC(N)=O)C(=O)Nc2ccc(COC(=O)N(C)CCN(C)C(C)=O)cc2)C(C)C)C1=O. The van der Waals surface area contributed by atoms with Crippen molar-refractivity contribution in [1.29, 1.82) is 0 Å². The number of benzene rings is 1. The molecule has 1 unspecified atom stereocenters. The summed E-state index contributed by atoms with van der Waals surface area (Å²) in [6.07, 6.45) is 3.74. The normalized spacial score (nSPS) is 14.9. The number of urea groups is 1. The number of amides is 9. The Morgan fingerprint density at radius 2 is 1.61 bits per heavy atom. The van der Waals surface area contributed by atoms with Crippen molar-refractivity contribution >= 4 is 65.0 Å². The molecule has 2 rings (SSSR count). The molecule has 0 aliphatic carbocycles. The lowest BCUT2D eigenvalue weighted by atomic mass is 10.0. The van der Waals surface area contributed by atoms with Gasteiger partial charge in [-0.2, -0.15) is 11.8 Å². The van der Waals surface area contributed by atoms with Crippen LogP contribution >= 0.6 is 11.8 Å². The van der Waals surface area contributed by atoms with Gasteiger partial charge in [-0.3, -0.25) is 33.7 Å². The molecule has 6 N–H and O–H groups in total. The molecule has 3 atom stereocenters. The third kappa shape index (κ3) is 15.6. The minimum absolute atomic E-state index is 0.0207. The van der Waals surface area contributed by atoms with Gasteiger partial charge in [-0.15, -0.1) is 0 Å². The maximum absolute atomic E-state index is 13.5. The van der Waals surface area contributed by atoms with Crippen molar-refractivity contribution in [1.82, 2.24) is 30.7 Å². The zero-order valence-corrected chi connectivity index (χ0v) is 32.9. The fourth-order valence-electron chi connectivity index (χ4n) is 5.35. The lowest BCUT2D eigenvalue weighted by Crippen LogP contribution is -2.54. The number of likely N-dealkylation sites (tertiary alicyclic amines) is 1. The number of rotatable bonds is 22. The zero-order chi connectivity index (χ0) is 40.4. The number of anilines is 1. The number of carbonyl (C=O) groups excluding carboxylic acids is 8. The first-order valence-electron chi connectivity index (χ1n) is 18.0. The molecule has 1 saturated heterocycles. The Kier molecular flexibility index (Phi) is 19.3. The third-order valence-corrected chi connectivity index (χ3v) is 9.78.